The predicted molar refractivity (Wildman–Crippen MR) is 96.7 cm³/mol. The highest BCUT2D eigenvalue weighted by Crippen LogP contribution is 2.21. The summed E-state index contributed by atoms with van der Waals surface area (Å²) in [6, 6.07) is 11.3. The smallest absolute Gasteiger partial charge is 0.223 e. The third-order valence-electron chi connectivity index (χ3n) is 4.57. The quantitative estimate of drug-likeness (QED) is 0.705. The van der Waals surface area contributed by atoms with Crippen LogP contribution >= 0.6 is 11.6 Å². The van der Waals surface area contributed by atoms with Crippen LogP contribution in [0, 0.1) is 0 Å². The molecule has 1 heterocycles. The van der Waals surface area contributed by atoms with Crippen molar-refractivity contribution in [2.45, 2.75) is 58.2 Å². The molecule has 3 nitrogen and oxygen atoms in total. The fourth-order valence-electron chi connectivity index (χ4n) is 3.46. The van der Waals surface area contributed by atoms with E-state index in [1.165, 1.54) is 5.56 Å². The molecule has 0 atom stereocenters. The van der Waals surface area contributed by atoms with Gasteiger partial charge in [-0.3, -0.25) is 9.69 Å². The summed E-state index contributed by atoms with van der Waals surface area (Å²) in [5, 5.41) is 0. The Morgan fingerprint density at radius 3 is 2.48 bits per heavy atom. The Kier molecular flexibility index (Phi) is 7.38. The summed E-state index contributed by atoms with van der Waals surface area (Å²) in [5.41, 5.74) is 1.37. The highest BCUT2D eigenvalue weighted by Gasteiger charge is 2.29. The summed E-state index contributed by atoms with van der Waals surface area (Å²) in [6.07, 6.45) is 3.48. The number of benzene rings is 1. The van der Waals surface area contributed by atoms with Crippen LogP contribution in [-0.2, 0) is 11.3 Å². The van der Waals surface area contributed by atoms with Gasteiger partial charge in [-0.1, -0.05) is 30.3 Å². The molecule has 0 saturated carbocycles. The second-order valence-corrected chi connectivity index (χ2v) is 7.06. The van der Waals surface area contributed by atoms with Crippen molar-refractivity contribution in [1.82, 2.24) is 9.80 Å². The van der Waals surface area contributed by atoms with Gasteiger partial charge in [0.05, 0.1) is 0 Å². The zero-order valence-corrected chi connectivity index (χ0v) is 15.1. The van der Waals surface area contributed by atoms with Crippen LogP contribution in [0.15, 0.2) is 30.3 Å². The molecule has 1 saturated heterocycles. The average molecular weight is 337 g/mol. The molecular weight excluding hydrogens is 308 g/mol. The number of amides is 1. The van der Waals surface area contributed by atoms with Crippen molar-refractivity contribution >= 4 is 17.5 Å². The predicted octanol–water partition coefficient (Wildman–Crippen LogP) is 3.91. The van der Waals surface area contributed by atoms with Crippen LogP contribution in [-0.4, -0.2) is 46.8 Å². The van der Waals surface area contributed by atoms with Crippen LogP contribution in [0.25, 0.3) is 0 Å². The molecule has 128 valence electrons. The summed E-state index contributed by atoms with van der Waals surface area (Å²) < 4.78 is 0. The molecule has 1 aromatic carbocycles. The van der Waals surface area contributed by atoms with E-state index in [2.05, 4.69) is 54.0 Å². The summed E-state index contributed by atoms with van der Waals surface area (Å²) >= 11 is 5.73. The molecule has 0 N–H and O–H groups in total. The molecule has 1 aromatic rings. The van der Waals surface area contributed by atoms with Crippen molar-refractivity contribution in [3.05, 3.63) is 35.9 Å². The van der Waals surface area contributed by atoms with Gasteiger partial charge in [0.25, 0.3) is 0 Å². The molecular formula is C19H29ClN2O. The molecule has 4 heteroatoms. The van der Waals surface area contributed by atoms with Crippen LogP contribution in [0.3, 0.4) is 0 Å². The molecule has 1 amide bonds. The molecule has 0 unspecified atom stereocenters. The van der Waals surface area contributed by atoms with Crippen molar-refractivity contribution in [3.63, 3.8) is 0 Å². The Balaban J connectivity index is 1.87. The first-order chi connectivity index (χ1) is 11.1. The number of alkyl halides is 1. The van der Waals surface area contributed by atoms with E-state index in [0.29, 0.717) is 18.3 Å². The van der Waals surface area contributed by atoms with E-state index in [4.69, 9.17) is 11.6 Å². The van der Waals surface area contributed by atoms with Crippen molar-refractivity contribution in [2.75, 3.05) is 19.0 Å². The molecule has 0 bridgehead atoms. The van der Waals surface area contributed by atoms with Crippen molar-refractivity contribution < 1.29 is 4.79 Å². The summed E-state index contributed by atoms with van der Waals surface area (Å²) in [6.45, 7) is 7.37. The number of rotatable bonds is 7. The van der Waals surface area contributed by atoms with Crippen LogP contribution in [0.1, 0.15) is 45.1 Å². The summed E-state index contributed by atoms with van der Waals surface area (Å²) in [7, 11) is 0. The van der Waals surface area contributed by atoms with Gasteiger partial charge < -0.3 is 4.90 Å². The van der Waals surface area contributed by atoms with Gasteiger partial charge in [-0.15, -0.1) is 11.6 Å². The van der Waals surface area contributed by atoms with Crippen molar-refractivity contribution in [3.8, 4) is 0 Å². The molecule has 1 fully saturated rings. The van der Waals surface area contributed by atoms with Gasteiger partial charge in [0.15, 0.2) is 0 Å². The van der Waals surface area contributed by atoms with E-state index in [1.54, 1.807) is 0 Å². The van der Waals surface area contributed by atoms with Gasteiger partial charge in [0.1, 0.15) is 0 Å². The highest BCUT2D eigenvalue weighted by molar-refractivity contribution is 6.17. The first kappa shape index (κ1) is 18.3. The normalized spacial score (nSPS) is 16.7. The maximum atomic E-state index is 12.5. The van der Waals surface area contributed by atoms with E-state index in [0.717, 1.165) is 38.9 Å². The highest BCUT2D eigenvalue weighted by atomic mass is 35.5. The molecule has 0 aromatic heterocycles. The number of likely N-dealkylation sites (tertiary alicyclic amines) is 1. The van der Waals surface area contributed by atoms with E-state index >= 15 is 0 Å². The largest absolute Gasteiger partial charge is 0.337 e. The van der Waals surface area contributed by atoms with Crippen LogP contribution in [0.5, 0.6) is 0 Å². The number of carbonyl (C=O) groups excluding carboxylic acids is 1. The zero-order valence-electron chi connectivity index (χ0n) is 14.4. The summed E-state index contributed by atoms with van der Waals surface area (Å²) in [4.78, 5) is 17.1. The van der Waals surface area contributed by atoms with Crippen LogP contribution < -0.4 is 0 Å². The summed E-state index contributed by atoms with van der Waals surface area (Å²) in [5.74, 6) is 0.829. The van der Waals surface area contributed by atoms with Crippen LogP contribution in [0.4, 0.5) is 0 Å². The SMILES string of the molecule is CC(C)N(C(=O)CCCCl)C1CCN(Cc2ccccc2)CC1. The third-order valence-corrected chi connectivity index (χ3v) is 4.84. The number of nitrogens with zero attached hydrogens (tertiary/aromatic N) is 2. The lowest BCUT2D eigenvalue weighted by Crippen LogP contribution is -2.50. The van der Waals surface area contributed by atoms with Gasteiger partial charge in [0.2, 0.25) is 5.91 Å². The second-order valence-electron chi connectivity index (χ2n) is 6.68. The standard InChI is InChI=1S/C19H29ClN2O/c1-16(2)22(19(23)9-6-12-20)18-10-13-21(14-11-18)15-17-7-4-3-5-8-17/h3-5,7-8,16,18H,6,9-15H2,1-2H3. The number of piperidine rings is 1. The molecule has 0 aliphatic carbocycles. The number of hydrogen-bond donors (Lipinski definition) is 0. The Morgan fingerprint density at radius 2 is 1.91 bits per heavy atom. The van der Waals surface area contributed by atoms with Gasteiger partial charge in [-0.05, 0) is 38.7 Å². The minimum atomic E-state index is 0.266. The van der Waals surface area contributed by atoms with Gasteiger partial charge in [-0.25, -0.2) is 0 Å². The van der Waals surface area contributed by atoms with Gasteiger partial charge >= 0.3 is 0 Å². The number of halogens is 1. The van der Waals surface area contributed by atoms with Crippen LogP contribution in [0.2, 0.25) is 0 Å². The molecule has 1 aliphatic heterocycles. The van der Waals surface area contributed by atoms with E-state index in [9.17, 15) is 4.79 Å². The van der Waals surface area contributed by atoms with Crippen molar-refractivity contribution in [2.24, 2.45) is 0 Å². The maximum Gasteiger partial charge on any atom is 0.223 e. The first-order valence-corrected chi connectivity index (χ1v) is 9.28. The monoisotopic (exact) mass is 336 g/mol. The Labute approximate surface area is 145 Å². The van der Waals surface area contributed by atoms with E-state index in [-0.39, 0.29) is 11.9 Å². The fraction of sp³-hybridized carbons (Fsp3) is 0.632. The third kappa shape index (κ3) is 5.50. The van der Waals surface area contributed by atoms with Gasteiger partial charge in [-0.2, -0.15) is 0 Å². The minimum Gasteiger partial charge on any atom is -0.337 e. The van der Waals surface area contributed by atoms with E-state index < -0.39 is 0 Å². The maximum absolute atomic E-state index is 12.5. The van der Waals surface area contributed by atoms with Crippen molar-refractivity contribution in [1.29, 1.82) is 0 Å². The second kappa shape index (κ2) is 9.29. The first-order valence-electron chi connectivity index (χ1n) is 8.75. The lowest BCUT2D eigenvalue weighted by Gasteiger charge is -2.40. The molecule has 1 aliphatic rings. The zero-order chi connectivity index (χ0) is 16.7. The Hall–Kier alpha value is -1.06. The lowest BCUT2D eigenvalue weighted by atomic mass is 10.00. The topological polar surface area (TPSA) is 23.6 Å². The Bertz CT molecular complexity index is 470. The lowest BCUT2D eigenvalue weighted by molar-refractivity contribution is -0.136. The fourth-order valence-corrected chi connectivity index (χ4v) is 3.59. The number of carbonyl (C=O) groups is 1. The number of hydrogen-bond acceptors (Lipinski definition) is 2. The minimum absolute atomic E-state index is 0.266. The van der Waals surface area contributed by atoms with E-state index in [1.807, 2.05) is 0 Å². The average Bonchev–Trinajstić information content (AvgIpc) is 2.55. The van der Waals surface area contributed by atoms with Gasteiger partial charge in [0, 0.05) is 44.0 Å². The molecule has 0 spiro atoms. The molecule has 23 heavy (non-hydrogen) atoms. The molecule has 2 rings (SSSR count). The Morgan fingerprint density at radius 1 is 1.26 bits per heavy atom. The molecule has 0 radical (unpaired) electrons.